The number of rotatable bonds is 4. The van der Waals surface area contributed by atoms with Crippen LogP contribution in [-0.4, -0.2) is 49.6 Å². The lowest BCUT2D eigenvalue weighted by molar-refractivity contribution is -0.157. The van der Waals surface area contributed by atoms with E-state index in [2.05, 4.69) is 4.74 Å². The van der Waals surface area contributed by atoms with Crippen molar-refractivity contribution in [3.05, 3.63) is 11.6 Å². The molecule has 0 radical (unpaired) electrons. The van der Waals surface area contributed by atoms with Gasteiger partial charge in [0.05, 0.1) is 7.11 Å². The third kappa shape index (κ3) is 3.39. The zero-order valence-electron chi connectivity index (χ0n) is 9.89. The Hall–Kier alpha value is -1.69. The molecule has 1 aliphatic heterocycles. The normalized spacial score (nSPS) is 17.3. The highest BCUT2D eigenvalue weighted by molar-refractivity contribution is 5.98. The predicted octanol–water partition coefficient (Wildman–Crippen LogP) is -0.119. The molecule has 1 rings (SSSR count). The Balaban J connectivity index is 2.69. The molecule has 1 heterocycles. The van der Waals surface area contributed by atoms with Gasteiger partial charge in [0.25, 0.3) is 11.8 Å². The second kappa shape index (κ2) is 6.15. The average Bonchev–Trinajstić information content (AvgIpc) is 2.32. The van der Waals surface area contributed by atoms with Crippen LogP contribution in [0.15, 0.2) is 11.6 Å². The Kier molecular flexibility index (Phi) is 4.84. The summed E-state index contributed by atoms with van der Waals surface area (Å²) < 4.78 is 9.35. The van der Waals surface area contributed by atoms with E-state index in [0.717, 1.165) is 4.90 Å². The Morgan fingerprint density at radius 3 is 2.47 bits per heavy atom. The van der Waals surface area contributed by atoms with Crippen molar-refractivity contribution in [2.75, 3.05) is 26.9 Å². The number of amides is 2. The SMILES string of the molecule is CCC(=CCN1C(=O)COCC1=O)C(=O)OC. The van der Waals surface area contributed by atoms with Crippen molar-refractivity contribution < 1.29 is 23.9 Å². The van der Waals surface area contributed by atoms with Crippen LogP contribution in [0.3, 0.4) is 0 Å². The fourth-order valence-electron chi connectivity index (χ4n) is 1.43. The molecule has 0 aromatic carbocycles. The van der Waals surface area contributed by atoms with Crippen molar-refractivity contribution >= 4 is 17.8 Å². The van der Waals surface area contributed by atoms with E-state index < -0.39 is 17.8 Å². The van der Waals surface area contributed by atoms with Gasteiger partial charge in [0.15, 0.2) is 0 Å². The lowest BCUT2D eigenvalue weighted by Gasteiger charge is -2.23. The molecule has 0 unspecified atom stereocenters. The maximum Gasteiger partial charge on any atom is 0.333 e. The van der Waals surface area contributed by atoms with Crippen LogP contribution in [0.1, 0.15) is 13.3 Å². The summed E-state index contributed by atoms with van der Waals surface area (Å²) in [7, 11) is 1.29. The fraction of sp³-hybridized carbons (Fsp3) is 0.545. The molecular formula is C11H15NO5. The van der Waals surface area contributed by atoms with Crippen molar-refractivity contribution in [1.82, 2.24) is 4.90 Å². The van der Waals surface area contributed by atoms with Crippen LogP contribution in [0.25, 0.3) is 0 Å². The lowest BCUT2D eigenvalue weighted by Crippen LogP contribution is -2.46. The number of nitrogens with zero attached hydrogens (tertiary/aromatic N) is 1. The molecule has 0 spiro atoms. The molecule has 2 amide bonds. The Morgan fingerprint density at radius 2 is 2.00 bits per heavy atom. The molecular weight excluding hydrogens is 226 g/mol. The zero-order chi connectivity index (χ0) is 12.8. The van der Waals surface area contributed by atoms with Gasteiger partial charge in [-0.2, -0.15) is 0 Å². The molecule has 0 aliphatic carbocycles. The standard InChI is InChI=1S/C11H15NO5/c1-3-8(11(15)16-2)4-5-12-9(13)6-17-7-10(12)14/h4H,3,5-7H2,1-2H3. The summed E-state index contributed by atoms with van der Waals surface area (Å²) in [4.78, 5) is 35.1. The number of ether oxygens (including phenoxy) is 2. The maximum absolute atomic E-state index is 11.4. The van der Waals surface area contributed by atoms with Gasteiger partial charge in [-0.25, -0.2) is 4.79 Å². The highest BCUT2D eigenvalue weighted by Crippen LogP contribution is 2.06. The van der Waals surface area contributed by atoms with E-state index in [4.69, 9.17) is 4.74 Å². The monoisotopic (exact) mass is 241 g/mol. The van der Waals surface area contributed by atoms with Gasteiger partial charge in [-0.15, -0.1) is 0 Å². The molecule has 1 fully saturated rings. The van der Waals surface area contributed by atoms with E-state index in [1.165, 1.54) is 13.2 Å². The van der Waals surface area contributed by atoms with Gasteiger partial charge in [0, 0.05) is 12.1 Å². The fourth-order valence-corrected chi connectivity index (χ4v) is 1.43. The van der Waals surface area contributed by atoms with Gasteiger partial charge in [0.1, 0.15) is 13.2 Å². The molecule has 0 atom stereocenters. The molecule has 6 heteroatoms. The minimum absolute atomic E-state index is 0.0826. The van der Waals surface area contributed by atoms with Crippen LogP contribution in [0, 0.1) is 0 Å². The third-order valence-corrected chi connectivity index (χ3v) is 2.40. The quantitative estimate of drug-likeness (QED) is 0.390. The molecule has 1 aliphatic rings. The number of esters is 1. The average molecular weight is 241 g/mol. The molecule has 0 N–H and O–H groups in total. The first-order valence-electron chi connectivity index (χ1n) is 5.28. The predicted molar refractivity (Wildman–Crippen MR) is 57.9 cm³/mol. The van der Waals surface area contributed by atoms with Gasteiger partial charge in [-0.05, 0) is 6.42 Å². The maximum atomic E-state index is 11.4. The summed E-state index contributed by atoms with van der Waals surface area (Å²) in [6.45, 7) is 1.68. The van der Waals surface area contributed by atoms with Gasteiger partial charge in [-0.1, -0.05) is 13.0 Å². The van der Waals surface area contributed by atoms with Crippen LogP contribution >= 0.6 is 0 Å². The summed E-state index contributed by atoms with van der Waals surface area (Å²) in [5.74, 6) is -1.23. The van der Waals surface area contributed by atoms with E-state index in [9.17, 15) is 14.4 Å². The smallest absolute Gasteiger partial charge is 0.333 e. The van der Waals surface area contributed by atoms with Gasteiger partial charge >= 0.3 is 5.97 Å². The van der Waals surface area contributed by atoms with E-state index in [1.54, 1.807) is 6.92 Å². The summed E-state index contributed by atoms with van der Waals surface area (Å²) in [5.41, 5.74) is 0.444. The molecule has 0 aromatic heterocycles. The Morgan fingerprint density at radius 1 is 1.41 bits per heavy atom. The van der Waals surface area contributed by atoms with Crippen molar-refractivity contribution in [2.24, 2.45) is 0 Å². The minimum Gasteiger partial charge on any atom is -0.466 e. The van der Waals surface area contributed by atoms with Crippen LogP contribution in [-0.2, 0) is 23.9 Å². The highest BCUT2D eigenvalue weighted by Gasteiger charge is 2.25. The number of methoxy groups -OCH3 is 1. The van der Waals surface area contributed by atoms with Crippen molar-refractivity contribution in [1.29, 1.82) is 0 Å². The summed E-state index contributed by atoms with van der Waals surface area (Å²) in [5, 5.41) is 0. The van der Waals surface area contributed by atoms with E-state index in [0.29, 0.717) is 12.0 Å². The van der Waals surface area contributed by atoms with E-state index >= 15 is 0 Å². The Labute approximate surface area is 99.2 Å². The van der Waals surface area contributed by atoms with E-state index in [-0.39, 0.29) is 19.8 Å². The summed E-state index contributed by atoms with van der Waals surface area (Å²) >= 11 is 0. The first kappa shape index (κ1) is 13.4. The largest absolute Gasteiger partial charge is 0.466 e. The number of imide groups is 1. The van der Waals surface area contributed by atoms with E-state index in [1.807, 2.05) is 0 Å². The second-order valence-electron chi connectivity index (χ2n) is 3.47. The molecule has 0 saturated carbocycles. The molecule has 1 saturated heterocycles. The third-order valence-electron chi connectivity index (χ3n) is 2.40. The topological polar surface area (TPSA) is 72.9 Å². The molecule has 94 valence electrons. The second-order valence-corrected chi connectivity index (χ2v) is 3.47. The number of hydrogen-bond donors (Lipinski definition) is 0. The van der Waals surface area contributed by atoms with Gasteiger partial charge in [-0.3, -0.25) is 14.5 Å². The van der Waals surface area contributed by atoms with Gasteiger partial charge in [0.2, 0.25) is 0 Å². The van der Waals surface area contributed by atoms with Crippen molar-refractivity contribution in [3.8, 4) is 0 Å². The van der Waals surface area contributed by atoms with Crippen molar-refractivity contribution in [3.63, 3.8) is 0 Å². The lowest BCUT2D eigenvalue weighted by atomic mass is 10.2. The number of carbonyl (C=O) groups excluding carboxylic acids is 3. The van der Waals surface area contributed by atoms with Gasteiger partial charge < -0.3 is 9.47 Å². The van der Waals surface area contributed by atoms with Crippen LogP contribution in [0.4, 0.5) is 0 Å². The number of hydrogen-bond acceptors (Lipinski definition) is 5. The van der Waals surface area contributed by atoms with Crippen LogP contribution < -0.4 is 0 Å². The first-order valence-corrected chi connectivity index (χ1v) is 5.28. The van der Waals surface area contributed by atoms with Crippen LogP contribution in [0.2, 0.25) is 0 Å². The first-order chi connectivity index (χ1) is 8.10. The molecule has 6 nitrogen and oxygen atoms in total. The van der Waals surface area contributed by atoms with Crippen molar-refractivity contribution in [2.45, 2.75) is 13.3 Å². The molecule has 17 heavy (non-hydrogen) atoms. The number of carbonyl (C=O) groups is 3. The minimum atomic E-state index is -0.444. The molecule has 0 bridgehead atoms. The molecule has 0 aromatic rings. The summed E-state index contributed by atoms with van der Waals surface area (Å²) in [6, 6.07) is 0. The Bertz CT molecular complexity index is 345. The number of morpholine rings is 1. The summed E-state index contributed by atoms with van der Waals surface area (Å²) in [6.07, 6.45) is 2.02. The highest BCUT2D eigenvalue weighted by atomic mass is 16.5. The van der Waals surface area contributed by atoms with Crippen LogP contribution in [0.5, 0.6) is 0 Å². The zero-order valence-corrected chi connectivity index (χ0v) is 9.89.